The Bertz CT molecular complexity index is 216. The number of ether oxygens (including phenoxy) is 1. The molecule has 0 aliphatic rings. The first-order valence-electron chi connectivity index (χ1n) is 6.24. The second-order valence-corrected chi connectivity index (χ2v) is 10.7. The van der Waals surface area contributed by atoms with Crippen molar-refractivity contribution in [2.75, 3.05) is 19.0 Å². The third-order valence-corrected chi connectivity index (χ3v) is 3.92. The van der Waals surface area contributed by atoms with Crippen LogP contribution < -0.4 is 0 Å². The summed E-state index contributed by atoms with van der Waals surface area (Å²) in [6.07, 6.45) is 2.27. The summed E-state index contributed by atoms with van der Waals surface area (Å²) in [5, 5.41) is 0.141. The molecule has 0 aliphatic heterocycles. The van der Waals surface area contributed by atoms with Crippen LogP contribution in [0.2, 0.25) is 19.6 Å². The molecule has 0 radical (unpaired) electrons. The van der Waals surface area contributed by atoms with Gasteiger partial charge in [0, 0.05) is 19.3 Å². The fraction of sp³-hybridized carbons (Fsp3) is 0.917. The summed E-state index contributed by atoms with van der Waals surface area (Å²) in [6, 6.07) is 0. The molecule has 0 N–H and O–H groups in total. The predicted octanol–water partition coefficient (Wildman–Crippen LogP) is 3.30. The first-order chi connectivity index (χ1) is 7.85. The first kappa shape index (κ1) is 17.2. The molecule has 0 amide bonds. The number of hydrogen-bond donors (Lipinski definition) is 0. The van der Waals surface area contributed by atoms with Crippen molar-refractivity contribution >= 4 is 25.2 Å². The highest BCUT2D eigenvalue weighted by Crippen LogP contribution is 2.13. The summed E-state index contributed by atoms with van der Waals surface area (Å²) in [5.41, 5.74) is 0. The van der Waals surface area contributed by atoms with Crippen LogP contribution in [0.1, 0.15) is 26.7 Å². The van der Waals surface area contributed by atoms with E-state index >= 15 is 0 Å². The van der Waals surface area contributed by atoms with Crippen molar-refractivity contribution in [3.63, 3.8) is 0 Å². The predicted molar refractivity (Wildman–Crippen MR) is 77.1 cm³/mol. The van der Waals surface area contributed by atoms with Crippen molar-refractivity contribution in [1.82, 2.24) is 0 Å². The van der Waals surface area contributed by atoms with Crippen LogP contribution in [0.5, 0.6) is 0 Å². The average Bonchev–Trinajstić information content (AvgIpc) is 2.18. The minimum Gasteiger partial charge on any atom is -0.412 e. The number of hydrogen-bond acceptors (Lipinski definition) is 4. The molecule has 0 rings (SSSR count). The van der Waals surface area contributed by atoms with Gasteiger partial charge in [-0.2, -0.15) is 0 Å². The molecule has 0 spiro atoms. The van der Waals surface area contributed by atoms with E-state index in [1.807, 2.05) is 0 Å². The van der Waals surface area contributed by atoms with E-state index in [4.69, 9.17) is 9.16 Å². The molecular formula is C12H26O3SSi. The number of unbranched alkanes of at least 4 members (excludes halogenated alkanes) is 1. The van der Waals surface area contributed by atoms with Gasteiger partial charge in [-0.25, -0.2) is 0 Å². The zero-order chi connectivity index (χ0) is 13.3. The monoisotopic (exact) mass is 278 g/mol. The normalized spacial score (nSPS) is 13.7. The number of rotatable bonds is 9. The topological polar surface area (TPSA) is 35.5 Å². The van der Waals surface area contributed by atoms with Gasteiger partial charge in [-0.3, -0.25) is 4.79 Å². The summed E-state index contributed by atoms with van der Waals surface area (Å²) in [7, 11) is -1.57. The Hall–Kier alpha value is 0.157. The number of carbonyl (C=O) groups is 1. The molecule has 0 aromatic heterocycles. The van der Waals surface area contributed by atoms with E-state index in [-0.39, 0.29) is 11.2 Å². The van der Waals surface area contributed by atoms with Gasteiger partial charge in [-0.05, 0) is 26.1 Å². The van der Waals surface area contributed by atoms with E-state index in [9.17, 15) is 4.79 Å². The fourth-order valence-corrected chi connectivity index (χ4v) is 3.14. The van der Waals surface area contributed by atoms with Crippen LogP contribution in [0.4, 0.5) is 0 Å². The molecule has 3 nitrogen and oxygen atoms in total. The van der Waals surface area contributed by atoms with E-state index in [1.165, 1.54) is 11.8 Å². The maximum absolute atomic E-state index is 11.0. The molecule has 1 atom stereocenters. The van der Waals surface area contributed by atoms with Crippen molar-refractivity contribution in [3.8, 4) is 0 Å². The number of thioether (sulfide) groups is 1. The smallest absolute Gasteiger partial charge is 0.185 e. The van der Waals surface area contributed by atoms with E-state index in [0.717, 1.165) is 19.4 Å². The molecule has 0 unspecified atom stereocenters. The van der Waals surface area contributed by atoms with Crippen molar-refractivity contribution in [2.24, 2.45) is 0 Å². The lowest BCUT2D eigenvalue weighted by Gasteiger charge is -2.25. The Labute approximate surface area is 111 Å². The van der Waals surface area contributed by atoms with Crippen LogP contribution in [-0.2, 0) is 14.0 Å². The molecule has 0 heterocycles. The maximum Gasteiger partial charge on any atom is 0.185 e. The lowest BCUT2D eigenvalue weighted by Crippen LogP contribution is -2.36. The largest absolute Gasteiger partial charge is 0.412 e. The highest BCUT2D eigenvalue weighted by atomic mass is 32.2. The Kier molecular flexibility index (Phi) is 9.22. The molecule has 0 fully saturated rings. The summed E-state index contributed by atoms with van der Waals surface area (Å²) in [5.74, 6) is 0.700. The van der Waals surface area contributed by atoms with Crippen LogP contribution in [0.25, 0.3) is 0 Å². The molecule has 0 aliphatic carbocycles. The molecule has 0 saturated carbocycles. The lowest BCUT2D eigenvalue weighted by molar-refractivity contribution is -0.109. The van der Waals surface area contributed by atoms with Gasteiger partial charge in [-0.15, -0.1) is 0 Å². The van der Waals surface area contributed by atoms with Gasteiger partial charge in [0.2, 0.25) is 0 Å². The third kappa shape index (κ3) is 12.4. The molecule has 5 heteroatoms. The van der Waals surface area contributed by atoms with E-state index in [1.54, 1.807) is 6.92 Å². The van der Waals surface area contributed by atoms with Crippen molar-refractivity contribution in [1.29, 1.82) is 0 Å². The summed E-state index contributed by atoms with van der Waals surface area (Å²) < 4.78 is 11.6. The van der Waals surface area contributed by atoms with Gasteiger partial charge in [0.05, 0.1) is 12.7 Å². The summed E-state index contributed by atoms with van der Waals surface area (Å²) in [4.78, 5) is 11.0. The average molecular weight is 278 g/mol. The van der Waals surface area contributed by atoms with Gasteiger partial charge in [0.15, 0.2) is 13.4 Å². The molecule has 0 bridgehead atoms. The zero-order valence-corrected chi connectivity index (χ0v) is 13.6. The molecule has 102 valence electrons. The lowest BCUT2D eigenvalue weighted by atomic mass is 10.3. The van der Waals surface area contributed by atoms with Crippen molar-refractivity contribution < 1.29 is 14.0 Å². The zero-order valence-electron chi connectivity index (χ0n) is 11.7. The molecule has 17 heavy (non-hydrogen) atoms. The van der Waals surface area contributed by atoms with Crippen LogP contribution in [0.15, 0.2) is 0 Å². The maximum atomic E-state index is 11.0. The minimum absolute atomic E-state index is 0.0485. The molecule has 0 saturated heterocycles. The van der Waals surface area contributed by atoms with Crippen LogP contribution in [0, 0.1) is 0 Å². The highest BCUT2D eigenvalue weighted by molar-refractivity contribution is 8.13. The van der Waals surface area contributed by atoms with Gasteiger partial charge in [0.25, 0.3) is 0 Å². The van der Waals surface area contributed by atoms with E-state index < -0.39 is 8.32 Å². The van der Waals surface area contributed by atoms with Crippen molar-refractivity contribution in [2.45, 2.75) is 52.4 Å². The highest BCUT2D eigenvalue weighted by Gasteiger charge is 2.21. The molecular weight excluding hydrogens is 252 g/mol. The minimum atomic E-state index is -1.57. The van der Waals surface area contributed by atoms with Crippen molar-refractivity contribution in [3.05, 3.63) is 0 Å². The second kappa shape index (κ2) is 9.14. The summed E-state index contributed by atoms with van der Waals surface area (Å²) >= 11 is 1.32. The second-order valence-electron chi connectivity index (χ2n) is 5.08. The SMILES string of the molecule is CCCCOC[C@H](CSC(C)=O)O[Si](C)(C)C. The summed E-state index contributed by atoms with van der Waals surface area (Å²) in [6.45, 7) is 11.6. The van der Waals surface area contributed by atoms with E-state index in [2.05, 4.69) is 26.6 Å². The van der Waals surface area contributed by atoms with Gasteiger partial charge in [0.1, 0.15) is 0 Å². The Morgan fingerprint density at radius 1 is 1.35 bits per heavy atom. The Morgan fingerprint density at radius 2 is 2.00 bits per heavy atom. The Morgan fingerprint density at radius 3 is 2.47 bits per heavy atom. The van der Waals surface area contributed by atoms with Crippen LogP contribution in [0.3, 0.4) is 0 Å². The Balaban J connectivity index is 3.97. The quantitative estimate of drug-likeness (QED) is 0.479. The van der Waals surface area contributed by atoms with Gasteiger partial charge >= 0.3 is 0 Å². The fourth-order valence-electron chi connectivity index (χ4n) is 1.29. The van der Waals surface area contributed by atoms with E-state index in [0.29, 0.717) is 12.4 Å². The molecule has 0 aromatic carbocycles. The van der Waals surface area contributed by atoms with Crippen LogP contribution in [-0.4, -0.2) is 38.5 Å². The van der Waals surface area contributed by atoms with Gasteiger partial charge in [-0.1, -0.05) is 25.1 Å². The third-order valence-electron chi connectivity index (χ3n) is 1.94. The number of carbonyl (C=O) groups excluding carboxylic acids is 1. The van der Waals surface area contributed by atoms with Gasteiger partial charge < -0.3 is 9.16 Å². The first-order valence-corrected chi connectivity index (χ1v) is 10.6. The standard InChI is InChI=1S/C12H26O3SSi/c1-6-7-8-14-9-12(10-16-11(2)13)15-17(3,4)5/h12H,6-10H2,1-5H3/t12-/m1/s1. The molecule has 0 aromatic rings. The van der Waals surface area contributed by atoms with Crippen LogP contribution >= 0.6 is 11.8 Å².